The van der Waals surface area contributed by atoms with Gasteiger partial charge in [0.15, 0.2) is 4.93 Å². The van der Waals surface area contributed by atoms with Crippen LogP contribution in [0.2, 0.25) is 0 Å². The molecule has 1 unspecified atom stereocenters. The lowest BCUT2D eigenvalue weighted by Crippen LogP contribution is -2.29. The molecule has 2 aromatic rings. The summed E-state index contributed by atoms with van der Waals surface area (Å²) in [5.74, 6) is 1.89. The Bertz CT molecular complexity index is 598. The van der Waals surface area contributed by atoms with Crippen molar-refractivity contribution in [1.82, 2.24) is 15.0 Å². The number of aromatic nitrogens is 3. The number of hydrogen-bond donors (Lipinski definition) is 0. The summed E-state index contributed by atoms with van der Waals surface area (Å²) in [5.41, 5.74) is 1.09. The number of nitrogens with zero attached hydrogens (tertiary/aromatic N) is 3. The summed E-state index contributed by atoms with van der Waals surface area (Å²) in [6, 6.07) is 8.19. The summed E-state index contributed by atoms with van der Waals surface area (Å²) in [5, 5.41) is 8.00. The third kappa shape index (κ3) is 3.87. The Hall–Kier alpha value is -1.53. The van der Waals surface area contributed by atoms with E-state index in [9.17, 15) is 0 Å². The van der Waals surface area contributed by atoms with E-state index in [4.69, 9.17) is 9.47 Å². The van der Waals surface area contributed by atoms with Gasteiger partial charge in [0.25, 0.3) is 0 Å². The second-order valence-electron chi connectivity index (χ2n) is 5.60. The molecule has 1 fully saturated rings. The summed E-state index contributed by atoms with van der Waals surface area (Å²) in [6.45, 7) is 4.32. The van der Waals surface area contributed by atoms with Gasteiger partial charge in [0.2, 0.25) is 0 Å². The van der Waals surface area contributed by atoms with E-state index in [1.54, 1.807) is 6.20 Å². The molecular weight excluding hydrogens is 310 g/mol. The van der Waals surface area contributed by atoms with Gasteiger partial charge in [-0.1, -0.05) is 43.2 Å². The van der Waals surface area contributed by atoms with Gasteiger partial charge in [0.1, 0.15) is 5.75 Å². The lowest BCUT2D eigenvalue weighted by atomic mass is 10.1. The zero-order valence-electron chi connectivity index (χ0n) is 13.5. The number of para-hydroxylation sites is 1. The summed E-state index contributed by atoms with van der Waals surface area (Å²) in [7, 11) is 0. The normalized spacial score (nSPS) is 20.7. The number of unbranched alkanes of at least 4 members (excludes halogenated alkanes) is 2. The minimum atomic E-state index is -0.449. The smallest absolute Gasteiger partial charge is 0.162 e. The van der Waals surface area contributed by atoms with Crippen molar-refractivity contribution in [1.29, 1.82) is 0 Å². The van der Waals surface area contributed by atoms with Gasteiger partial charge in [-0.2, -0.15) is 0 Å². The van der Waals surface area contributed by atoms with E-state index in [0.717, 1.165) is 36.7 Å². The topological polar surface area (TPSA) is 49.2 Å². The molecule has 0 aliphatic carbocycles. The van der Waals surface area contributed by atoms with Gasteiger partial charge in [0.05, 0.1) is 26.0 Å². The van der Waals surface area contributed by atoms with E-state index in [0.29, 0.717) is 6.54 Å². The fraction of sp³-hybridized carbons (Fsp3) is 0.529. The second-order valence-corrected chi connectivity index (χ2v) is 6.96. The van der Waals surface area contributed by atoms with Crippen LogP contribution in [-0.4, -0.2) is 34.0 Å². The predicted octanol–water partition coefficient (Wildman–Crippen LogP) is 3.46. The molecule has 1 aliphatic rings. The first-order valence-corrected chi connectivity index (χ1v) is 9.17. The maximum Gasteiger partial charge on any atom is 0.162 e. The van der Waals surface area contributed by atoms with Crippen molar-refractivity contribution < 1.29 is 9.47 Å². The Morgan fingerprint density at radius 1 is 1.35 bits per heavy atom. The zero-order valence-corrected chi connectivity index (χ0v) is 14.3. The molecule has 3 rings (SSSR count). The van der Waals surface area contributed by atoms with Crippen molar-refractivity contribution in [2.24, 2.45) is 0 Å². The van der Waals surface area contributed by atoms with Crippen molar-refractivity contribution in [3.63, 3.8) is 0 Å². The van der Waals surface area contributed by atoms with Crippen LogP contribution in [0.1, 0.15) is 31.7 Å². The van der Waals surface area contributed by atoms with Crippen molar-refractivity contribution in [2.75, 3.05) is 19.0 Å². The molecular formula is C17H23N3O2S. The fourth-order valence-electron chi connectivity index (χ4n) is 2.76. The van der Waals surface area contributed by atoms with E-state index in [-0.39, 0.29) is 0 Å². The summed E-state index contributed by atoms with van der Waals surface area (Å²) in [4.78, 5) is -0.449. The largest absolute Gasteiger partial charge is 0.493 e. The molecule has 1 aromatic carbocycles. The van der Waals surface area contributed by atoms with Crippen LogP contribution in [-0.2, 0) is 16.2 Å². The molecule has 1 aromatic heterocycles. The number of ether oxygens (including phenoxy) is 2. The Kier molecular flexibility index (Phi) is 5.56. The molecule has 1 saturated heterocycles. The number of thioether (sulfide) groups is 1. The van der Waals surface area contributed by atoms with Gasteiger partial charge in [-0.25, -0.2) is 4.68 Å². The van der Waals surface area contributed by atoms with Gasteiger partial charge in [-0.05, 0) is 12.5 Å². The van der Waals surface area contributed by atoms with Gasteiger partial charge in [0, 0.05) is 17.5 Å². The lowest BCUT2D eigenvalue weighted by Gasteiger charge is -2.29. The highest BCUT2D eigenvalue weighted by Crippen LogP contribution is 2.47. The molecule has 1 aliphatic heterocycles. The highest BCUT2D eigenvalue weighted by atomic mass is 32.2. The highest BCUT2D eigenvalue weighted by molar-refractivity contribution is 8.00. The third-order valence-corrected chi connectivity index (χ3v) is 5.20. The fourth-order valence-corrected chi connectivity index (χ4v) is 3.97. The average Bonchev–Trinajstić information content (AvgIpc) is 3.25. The Morgan fingerprint density at radius 2 is 2.26 bits per heavy atom. The average molecular weight is 333 g/mol. The van der Waals surface area contributed by atoms with Crippen LogP contribution in [0.5, 0.6) is 5.75 Å². The number of rotatable bonds is 8. The quantitative estimate of drug-likeness (QED) is 0.692. The first-order valence-electron chi connectivity index (χ1n) is 8.18. The Morgan fingerprint density at radius 3 is 3.00 bits per heavy atom. The van der Waals surface area contributed by atoms with Gasteiger partial charge in [-0.15, -0.1) is 16.9 Å². The van der Waals surface area contributed by atoms with Crippen LogP contribution in [0.15, 0.2) is 36.7 Å². The van der Waals surface area contributed by atoms with Gasteiger partial charge >= 0.3 is 0 Å². The van der Waals surface area contributed by atoms with E-state index >= 15 is 0 Å². The minimum Gasteiger partial charge on any atom is -0.493 e. The molecule has 0 bridgehead atoms. The summed E-state index contributed by atoms with van der Waals surface area (Å²) < 4.78 is 14.0. The SMILES string of the molecule is CCCCCOc1ccccc1C1(Cn2ccnn2)OCCS1. The molecule has 23 heavy (non-hydrogen) atoms. The van der Waals surface area contributed by atoms with Crippen molar-refractivity contribution >= 4 is 11.8 Å². The zero-order chi connectivity index (χ0) is 16.0. The Balaban J connectivity index is 1.82. The van der Waals surface area contributed by atoms with Crippen LogP contribution >= 0.6 is 11.8 Å². The molecule has 5 nitrogen and oxygen atoms in total. The maximum absolute atomic E-state index is 6.16. The van der Waals surface area contributed by atoms with Crippen LogP contribution in [0, 0.1) is 0 Å². The van der Waals surface area contributed by atoms with Crippen LogP contribution < -0.4 is 4.74 Å². The van der Waals surface area contributed by atoms with Crippen molar-refractivity contribution in [3.8, 4) is 5.75 Å². The Labute approximate surface area is 141 Å². The molecule has 0 amide bonds. The third-order valence-electron chi connectivity index (χ3n) is 3.90. The molecule has 0 radical (unpaired) electrons. The molecule has 0 spiro atoms. The number of benzene rings is 1. The number of hydrogen-bond acceptors (Lipinski definition) is 5. The van der Waals surface area contributed by atoms with E-state index < -0.39 is 4.93 Å². The molecule has 0 saturated carbocycles. The molecule has 2 heterocycles. The van der Waals surface area contributed by atoms with Crippen LogP contribution in [0.3, 0.4) is 0 Å². The van der Waals surface area contributed by atoms with E-state index in [2.05, 4.69) is 23.3 Å². The first kappa shape index (κ1) is 16.3. The van der Waals surface area contributed by atoms with E-state index in [1.807, 2.05) is 40.8 Å². The van der Waals surface area contributed by atoms with Crippen molar-refractivity contribution in [3.05, 3.63) is 42.2 Å². The first-order chi connectivity index (χ1) is 11.3. The molecule has 6 heteroatoms. The van der Waals surface area contributed by atoms with Crippen LogP contribution in [0.4, 0.5) is 0 Å². The highest BCUT2D eigenvalue weighted by Gasteiger charge is 2.41. The predicted molar refractivity (Wildman–Crippen MR) is 91.6 cm³/mol. The van der Waals surface area contributed by atoms with Crippen molar-refractivity contribution in [2.45, 2.75) is 37.7 Å². The standard InChI is InChI=1S/C17H23N3O2S/c1-2-3-6-11-21-16-8-5-4-7-15(16)17(22-12-13-23-17)14-20-10-9-18-19-20/h4-5,7-10H,2-3,6,11-14H2,1H3. The monoisotopic (exact) mass is 333 g/mol. The maximum atomic E-state index is 6.16. The lowest BCUT2D eigenvalue weighted by molar-refractivity contribution is 0.0305. The summed E-state index contributed by atoms with van der Waals surface area (Å²) >= 11 is 1.81. The van der Waals surface area contributed by atoms with E-state index in [1.165, 1.54) is 12.8 Å². The van der Waals surface area contributed by atoms with Crippen LogP contribution in [0.25, 0.3) is 0 Å². The molecule has 1 atom stereocenters. The second kappa shape index (κ2) is 7.84. The minimum absolute atomic E-state index is 0.449. The van der Waals surface area contributed by atoms with Gasteiger partial charge < -0.3 is 9.47 Å². The summed E-state index contributed by atoms with van der Waals surface area (Å²) in [6.07, 6.45) is 7.03. The molecule has 0 N–H and O–H groups in total. The molecule has 124 valence electrons. The van der Waals surface area contributed by atoms with Gasteiger partial charge in [-0.3, -0.25) is 0 Å².